The van der Waals surface area contributed by atoms with Crippen molar-refractivity contribution in [3.63, 3.8) is 0 Å². The predicted molar refractivity (Wildman–Crippen MR) is 69.1 cm³/mol. The number of rotatable bonds is 3. The Kier molecular flexibility index (Phi) is 2.76. The van der Waals surface area contributed by atoms with Crippen LogP contribution in [-0.4, -0.2) is 22.9 Å². The SMILES string of the molecule is CSCc1noc(-c2ccc3c(c2)CCN3)n1. The quantitative estimate of drug-likeness (QED) is 0.903. The van der Waals surface area contributed by atoms with Crippen molar-refractivity contribution in [2.45, 2.75) is 12.2 Å². The van der Waals surface area contributed by atoms with Gasteiger partial charge in [0.15, 0.2) is 5.82 Å². The van der Waals surface area contributed by atoms with Gasteiger partial charge in [-0.2, -0.15) is 16.7 Å². The van der Waals surface area contributed by atoms with Crippen molar-refractivity contribution >= 4 is 17.4 Å². The summed E-state index contributed by atoms with van der Waals surface area (Å²) in [5.41, 5.74) is 3.55. The van der Waals surface area contributed by atoms with Crippen LogP contribution in [0.2, 0.25) is 0 Å². The molecule has 1 aromatic heterocycles. The van der Waals surface area contributed by atoms with Gasteiger partial charge in [0.05, 0.1) is 5.75 Å². The molecule has 0 aliphatic carbocycles. The third-order valence-electron chi connectivity index (χ3n) is 2.80. The summed E-state index contributed by atoms with van der Waals surface area (Å²) in [6, 6.07) is 6.23. The lowest BCUT2D eigenvalue weighted by molar-refractivity contribution is 0.425. The molecule has 1 aromatic carbocycles. The van der Waals surface area contributed by atoms with E-state index in [2.05, 4.69) is 27.6 Å². The maximum atomic E-state index is 5.27. The molecular formula is C12H13N3OS. The molecule has 0 radical (unpaired) electrons. The van der Waals surface area contributed by atoms with E-state index in [1.807, 2.05) is 12.3 Å². The number of hydrogen-bond donors (Lipinski definition) is 1. The number of hydrogen-bond acceptors (Lipinski definition) is 5. The highest BCUT2D eigenvalue weighted by atomic mass is 32.2. The van der Waals surface area contributed by atoms with Gasteiger partial charge in [-0.15, -0.1) is 0 Å². The van der Waals surface area contributed by atoms with E-state index in [0.29, 0.717) is 5.89 Å². The number of aromatic nitrogens is 2. The van der Waals surface area contributed by atoms with Crippen LogP contribution in [0.5, 0.6) is 0 Å². The molecule has 0 spiro atoms. The van der Waals surface area contributed by atoms with Crippen LogP contribution < -0.4 is 5.32 Å². The van der Waals surface area contributed by atoms with Gasteiger partial charge in [0.1, 0.15) is 0 Å². The predicted octanol–water partition coefficient (Wildman–Crippen LogP) is 2.57. The minimum Gasteiger partial charge on any atom is -0.384 e. The summed E-state index contributed by atoms with van der Waals surface area (Å²) in [5, 5.41) is 7.29. The molecule has 1 N–H and O–H groups in total. The van der Waals surface area contributed by atoms with E-state index in [1.54, 1.807) is 11.8 Å². The van der Waals surface area contributed by atoms with Crippen LogP contribution in [-0.2, 0) is 12.2 Å². The molecule has 0 fully saturated rings. The number of thioether (sulfide) groups is 1. The number of benzene rings is 1. The second-order valence-corrected chi connectivity index (χ2v) is 4.86. The number of anilines is 1. The van der Waals surface area contributed by atoms with Gasteiger partial charge in [0.2, 0.25) is 0 Å². The van der Waals surface area contributed by atoms with Crippen molar-refractivity contribution in [3.05, 3.63) is 29.6 Å². The molecular weight excluding hydrogens is 234 g/mol. The number of nitrogens with zero attached hydrogens (tertiary/aromatic N) is 2. The summed E-state index contributed by atoms with van der Waals surface area (Å²) in [6.45, 7) is 1.01. The van der Waals surface area contributed by atoms with Gasteiger partial charge in [-0.1, -0.05) is 5.16 Å². The van der Waals surface area contributed by atoms with Gasteiger partial charge in [0, 0.05) is 17.8 Å². The van der Waals surface area contributed by atoms with E-state index in [-0.39, 0.29) is 0 Å². The lowest BCUT2D eigenvalue weighted by Gasteiger charge is -2.00. The van der Waals surface area contributed by atoms with E-state index in [0.717, 1.165) is 30.1 Å². The Morgan fingerprint density at radius 1 is 1.47 bits per heavy atom. The summed E-state index contributed by atoms with van der Waals surface area (Å²) >= 11 is 1.69. The third kappa shape index (κ3) is 2.02. The first kappa shape index (κ1) is 10.7. The molecule has 5 heteroatoms. The smallest absolute Gasteiger partial charge is 0.257 e. The van der Waals surface area contributed by atoms with Gasteiger partial charge in [0.25, 0.3) is 5.89 Å². The Morgan fingerprint density at radius 2 is 2.41 bits per heavy atom. The van der Waals surface area contributed by atoms with Gasteiger partial charge in [-0.3, -0.25) is 0 Å². The van der Waals surface area contributed by atoms with Crippen LogP contribution in [0.15, 0.2) is 22.7 Å². The highest BCUT2D eigenvalue weighted by Gasteiger charge is 2.14. The van der Waals surface area contributed by atoms with E-state index in [1.165, 1.54) is 11.3 Å². The zero-order valence-electron chi connectivity index (χ0n) is 9.56. The van der Waals surface area contributed by atoms with Crippen LogP contribution in [0.1, 0.15) is 11.4 Å². The molecule has 2 aromatic rings. The topological polar surface area (TPSA) is 51.0 Å². The molecule has 1 aliphatic rings. The van der Waals surface area contributed by atoms with Gasteiger partial charge < -0.3 is 9.84 Å². The lowest BCUT2D eigenvalue weighted by atomic mass is 10.1. The highest BCUT2D eigenvalue weighted by molar-refractivity contribution is 7.97. The molecule has 1 aliphatic heterocycles. The van der Waals surface area contributed by atoms with Gasteiger partial charge in [-0.25, -0.2) is 0 Å². The second-order valence-electron chi connectivity index (χ2n) is 4.00. The molecule has 3 rings (SSSR count). The van der Waals surface area contributed by atoms with Crippen molar-refractivity contribution in [3.8, 4) is 11.5 Å². The Balaban J connectivity index is 1.92. The van der Waals surface area contributed by atoms with Crippen LogP contribution in [0.3, 0.4) is 0 Å². The second kappa shape index (κ2) is 4.41. The minimum absolute atomic E-state index is 0.615. The Labute approximate surface area is 104 Å². The van der Waals surface area contributed by atoms with Crippen LogP contribution >= 0.6 is 11.8 Å². The maximum Gasteiger partial charge on any atom is 0.257 e. The van der Waals surface area contributed by atoms with E-state index < -0.39 is 0 Å². The average molecular weight is 247 g/mol. The first-order valence-corrected chi connectivity index (χ1v) is 6.95. The fraction of sp³-hybridized carbons (Fsp3) is 0.333. The summed E-state index contributed by atoms with van der Waals surface area (Å²) in [7, 11) is 0. The molecule has 0 saturated heterocycles. The number of fused-ring (bicyclic) bond motifs is 1. The van der Waals surface area contributed by atoms with Crippen molar-refractivity contribution in [2.24, 2.45) is 0 Å². The molecule has 0 amide bonds. The van der Waals surface area contributed by atoms with Crippen molar-refractivity contribution in [1.29, 1.82) is 0 Å². The minimum atomic E-state index is 0.615. The average Bonchev–Trinajstić information content (AvgIpc) is 2.96. The first-order valence-electron chi connectivity index (χ1n) is 5.55. The summed E-state index contributed by atoms with van der Waals surface area (Å²) in [6.07, 6.45) is 3.09. The third-order valence-corrected chi connectivity index (χ3v) is 3.35. The van der Waals surface area contributed by atoms with Crippen LogP contribution in [0, 0.1) is 0 Å². The normalized spacial score (nSPS) is 13.5. The van der Waals surface area contributed by atoms with Crippen molar-refractivity contribution in [2.75, 3.05) is 18.1 Å². The van der Waals surface area contributed by atoms with Gasteiger partial charge in [-0.05, 0) is 36.4 Å². The molecule has 2 heterocycles. The lowest BCUT2D eigenvalue weighted by Crippen LogP contribution is -1.90. The molecule has 17 heavy (non-hydrogen) atoms. The largest absolute Gasteiger partial charge is 0.384 e. The molecule has 0 atom stereocenters. The first-order chi connectivity index (χ1) is 8.36. The van der Waals surface area contributed by atoms with Crippen molar-refractivity contribution in [1.82, 2.24) is 10.1 Å². The Morgan fingerprint density at radius 3 is 3.29 bits per heavy atom. The highest BCUT2D eigenvalue weighted by Crippen LogP contribution is 2.27. The summed E-state index contributed by atoms with van der Waals surface area (Å²) < 4.78 is 5.27. The van der Waals surface area contributed by atoms with E-state index in [9.17, 15) is 0 Å². The fourth-order valence-electron chi connectivity index (χ4n) is 2.00. The van der Waals surface area contributed by atoms with Crippen LogP contribution in [0.25, 0.3) is 11.5 Å². The van der Waals surface area contributed by atoms with E-state index >= 15 is 0 Å². The zero-order chi connectivity index (χ0) is 11.7. The summed E-state index contributed by atoms with van der Waals surface area (Å²) in [5.74, 6) is 2.16. The standard InChI is InChI=1S/C12H13N3OS/c1-17-7-11-14-12(16-15-11)9-2-3-10-8(6-9)4-5-13-10/h2-3,6,13H,4-5,7H2,1H3. The molecule has 0 bridgehead atoms. The Bertz CT molecular complexity index is 538. The summed E-state index contributed by atoms with van der Waals surface area (Å²) in [4.78, 5) is 4.38. The molecule has 4 nitrogen and oxygen atoms in total. The van der Waals surface area contributed by atoms with Crippen molar-refractivity contribution < 1.29 is 4.52 Å². The maximum absolute atomic E-state index is 5.27. The molecule has 0 saturated carbocycles. The number of nitrogens with one attached hydrogen (secondary N) is 1. The Hall–Kier alpha value is -1.49. The van der Waals surface area contributed by atoms with Gasteiger partial charge >= 0.3 is 0 Å². The zero-order valence-corrected chi connectivity index (χ0v) is 10.4. The molecule has 88 valence electrons. The fourth-order valence-corrected chi connectivity index (χ4v) is 2.37. The monoisotopic (exact) mass is 247 g/mol. The van der Waals surface area contributed by atoms with Crippen LogP contribution in [0.4, 0.5) is 5.69 Å². The van der Waals surface area contributed by atoms with E-state index in [4.69, 9.17) is 4.52 Å². The molecule has 0 unspecified atom stereocenters.